The molecule has 4 heteroatoms. The second-order valence-corrected chi connectivity index (χ2v) is 5.18. The van der Waals surface area contributed by atoms with Gasteiger partial charge in [0.15, 0.2) is 0 Å². The molecule has 1 aliphatic carbocycles. The molecular formula is C13H15BrO3. The first kappa shape index (κ1) is 12.4. The van der Waals surface area contributed by atoms with Crippen LogP contribution in [0.1, 0.15) is 24.3 Å². The van der Waals surface area contributed by atoms with Crippen LogP contribution in [0, 0.1) is 5.92 Å². The molecule has 0 saturated heterocycles. The third-order valence-electron chi connectivity index (χ3n) is 3.04. The molecule has 1 aliphatic rings. The van der Waals surface area contributed by atoms with Crippen LogP contribution in [0.5, 0.6) is 5.75 Å². The Labute approximate surface area is 109 Å². The Morgan fingerprint density at radius 3 is 2.59 bits per heavy atom. The molecule has 3 nitrogen and oxygen atoms in total. The molecule has 17 heavy (non-hydrogen) atoms. The van der Waals surface area contributed by atoms with E-state index >= 15 is 0 Å². The third-order valence-corrected chi connectivity index (χ3v) is 3.49. The fourth-order valence-corrected chi connectivity index (χ4v) is 2.53. The van der Waals surface area contributed by atoms with Crippen molar-refractivity contribution in [3.8, 4) is 5.75 Å². The van der Waals surface area contributed by atoms with Crippen molar-refractivity contribution in [3.63, 3.8) is 0 Å². The molecule has 92 valence electrons. The minimum atomic E-state index is -0.161. The smallest absolute Gasteiger partial charge is 0.313 e. The van der Waals surface area contributed by atoms with Gasteiger partial charge in [-0.2, -0.15) is 0 Å². The summed E-state index contributed by atoms with van der Waals surface area (Å²) in [5.74, 6) is 0.851. The van der Waals surface area contributed by atoms with Crippen LogP contribution in [0.3, 0.4) is 0 Å². The number of hydrogen-bond acceptors (Lipinski definition) is 3. The number of carbonyl (C=O) groups is 1. The van der Waals surface area contributed by atoms with Gasteiger partial charge in [0.2, 0.25) is 0 Å². The second-order valence-electron chi connectivity index (χ2n) is 4.26. The van der Waals surface area contributed by atoms with Crippen LogP contribution < -0.4 is 4.74 Å². The lowest BCUT2D eigenvalue weighted by molar-refractivity contribution is -0.143. The van der Waals surface area contributed by atoms with E-state index in [0.717, 1.165) is 28.6 Å². The van der Waals surface area contributed by atoms with Crippen molar-refractivity contribution in [3.05, 3.63) is 28.2 Å². The van der Waals surface area contributed by atoms with E-state index in [4.69, 9.17) is 9.47 Å². The summed E-state index contributed by atoms with van der Waals surface area (Å²) < 4.78 is 11.0. The molecule has 0 aliphatic heterocycles. The maximum Gasteiger partial charge on any atom is 0.313 e. The minimum absolute atomic E-state index is 0.160. The van der Waals surface area contributed by atoms with E-state index in [2.05, 4.69) is 15.9 Å². The van der Waals surface area contributed by atoms with Crippen LogP contribution in [-0.4, -0.2) is 20.2 Å². The molecule has 1 atom stereocenters. The molecule has 0 radical (unpaired) electrons. The Morgan fingerprint density at radius 2 is 2.06 bits per heavy atom. The molecule has 1 aromatic carbocycles. The molecule has 1 saturated carbocycles. The maximum atomic E-state index is 11.8. The standard InChI is InChI=1S/C13H15BrO3/c1-16-11-6-9(5-10(14)7-11)12(8-3-4-8)13(15)17-2/h5-8,12H,3-4H2,1-2H3. The zero-order valence-electron chi connectivity index (χ0n) is 9.90. The van der Waals surface area contributed by atoms with E-state index in [1.165, 1.54) is 7.11 Å². The molecule has 0 spiro atoms. The Morgan fingerprint density at radius 1 is 1.35 bits per heavy atom. The molecule has 0 amide bonds. The van der Waals surface area contributed by atoms with E-state index < -0.39 is 0 Å². The molecule has 1 fully saturated rings. The topological polar surface area (TPSA) is 35.5 Å². The highest BCUT2D eigenvalue weighted by atomic mass is 79.9. The lowest BCUT2D eigenvalue weighted by atomic mass is 9.94. The van der Waals surface area contributed by atoms with E-state index in [1.807, 2.05) is 18.2 Å². The number of rotatable bonds is 4. The van der Waals surface area contributed by atoms with Gasteiger partial charge in [-0.15, -0.1) is 0 Å². The summed E-state index contributed by atoms with van der Waals surface area (Å²) >= 11 is 3.43. The van der Waals surface area contributed by atoms with Crippen molar-refractivity contribution >= 4 is 21.9 Å². The Hall–Kier alpha value is -1.03. The summed E-state index contributed by atoms with van der Waals surface area (Å²) in [6.07, 6.45) is 2.18. The molecule has 0 bridgehead atoms. The molecule has 1 aromatic rings. The number of halogens is 1. The quantitative estimate of drug-likeness (QED) is 0.801. The van der Waals surface area contributed by atoms with Gasteiger partial charge in [-0.25, -0.2) is 0 Å². The summed E-state index contributed by atoms with van der Waals surface area (Å²) in [5.41, 5.74) is 0.963. The van der Waals surface area contributed by atoms with E-state index in [0.29, 0.717) is 5.92 Å². The molecule has 1 unspecified atom stereocenters. The zero-order valence-corrected chi connectivity index (χ0v) is 11.5. The highest BCUT2D eigenvalue weighted by Gasteiger charge is 2.38. The molecule has 2 rings (SSSR count). The molecule has 0 aromatic heterocycles. The van der Waals surface area contributed by atoms with E-state index in [-0.39, 0.29) is 11.9 Å². The average molecular weight is 299 g/mol. The normalized spacial score (nSPS) is 16.4. The van der Waals surface area contributed by atoms with Crippen LogP contribution in [0.2, 0.25) is 0 Å². The monoisotopic (exact) mass is 298 g/mol. The number of benzene rings is 1. The van der Waals surface area contributed by atoms with Gasteiger partial charge < -0.3 is 9.47 Å². The van der Waals surface area contributed by atoms with Crippen molar-refractivity contribution in [2.45, 2.75) is 18.8 Å². The van der Waals surface area contributed by atoms with Gasteiger partial charge in [0.25, 0.3) is 0 Å². The van der Waals surface area contributed by atoms with Crippen LogP contribution in [0.15, 0.2) is 22.7 Å². The van der Waals surface area contributed by atoms with Gasteiger partial charge in [0.1, 0.15) is 5.75 Å². The fraction of sp³-hybridized carbons (Fsp3) is 0.462. The summed E-state index contributed by atoms with van der Waals surface area (Å²) in [6.45, 7) is 0. The predicted molar refractivity (Wildman–Crippen MR) is 68.2 cm³/mol. The average Bonchev–Trinajstić information content (AvgIpc) is 3.12. The maximum absolute atomic E-state index is 11.8. The summed E-state index contributed by atoms with van der Waals surface area (Å²) in [7, 11) is 3.06. The van der Waals surface area contributed by atoms with Gasteiger partial charge in [-0.1, -0.05) is 15.9 Å². The Kier molecular flexibility index (Phi) is 3.72. The Bertz CT molecular complexity index is 427. The van der Waals surface area contributed by atoms with Crippen LogP contribution in [-0.2, 0) is 9.53 Å². The van der Waals surface area contributed by atoms with Gasteiger partial charge in [-0.3, -0.25) is 4.79 Å². The third kappa shape index (κ3) is 2.80. The lowest BCUT2D eigenvalue weighted by Gasteiger charge is -2.15. The van der Waals surface area contributed by atoms with Gasteiger partial charge >= 0.3 is 5.97 Å². The van der Waals surface area contributed by atoms with Crippen molar-refractivity contribution in [2.75, 3.05) is 14.2 Å². The van der Waals surface area contributed by atoms with Crippen molar-refractivity contribution in [1.82, 2.24) is 0 Å². The van der Waals surface area contributed by atoms with Gasteiger partial charge in [0.05, 0.1) is 20.1 Å². The highest BCUT2D eigenvalue weighted by Crippen LogP contribution is 2.44. The van der Waals surface area contributed by atoms with Crippen molar-refractivity contribution in [1.29, 1.82) is 0 Å². The van der Waals surface area contributed by atoms with Crippen molar-refractivity contribution < 1.29 is 14.3 Å². The molecule has 0 N–H and O–H groups in total. The first-order valence-corrected chi connectivity index (χ1v) is 6.37. The summed E-state index contributed by atoms with van der Waals surface area (Å²) in [6, 6.07) is 5.75. The second kappa shape index (κ2) is 5.08. The van der Waals surface area contributed by atoms with E-state index in [9.17, 15) is 4.79 Å². The number of carbonyl (C=O) groups excluding carboxylic acids is 1. The lowest BCUT2D eigenvalue weighted by Crippen LogP contribution is -2.16. The zero-order chi connectivity index (χ0) is 12.4. The summed E-state index contributed by atoms with van der Waals surface area (Å²) in [4.78, 5) is 11.8. The number of hydrogen-bond donors (Lipinski definition) is 0. The van der Waals surface area contributed by atoms with Gasteiger partial charge in [-0.05, 0) is 42.5 Å². The molecule has 0 heterocycles. The predicted octanol–water partition coefficient (Wildman–Crippen LogP) is 3.12. The van der Waals surface area contributed by atoms with Crippen LogP contribution in [0.4, 0.5) is 0 Å². The number of ether oxygens (including phenoxy) is 2. The first-order valence-electron chi connectivity index (χ1n) is 5.58. The van der Waals surface area contributed by atoms with Crippen molar-refractivity contribution in [2.24, 2.45) is 5.92 Å². The largest absolute Gasteiger partial charge is 0.497 e. The Balaban J connectivity index is 2.34. The first-order chi connectivity index (χ1) is 8.15. The van der Waals surface area contributed by atoms with Crippen LogP contribution >= 0.6 is 15.9 Å². The number of esters is 1. The SMILES string of the molecule is COC(=O)C(c1cc(Br)cc(OC)c1)C1CC1. The van der Waals surface area contributed by atoms with Gasteiger partial charge in [0, 0.05) is 4.47 Å². The molecular weight excluding hydrogens is 284 g/mol. The highest BCUT2D eigenvalue weighted by molar-refractivity contribution is 9.10. The minimum Gasteiger partial charge on any atom is -0.497 e. The summed E-state index contributed by atoms with van der Waals surface area (Å²) in [5, 5.41) is 0. The van der Waals surface area contributed by atoms with E-state index in [1.54, 1.807) is 7.11 Å². The number of methoxy groups -OCH3 is 2. The van der Waals surface area contributed by atoms with Crippen LogP contribution in [0.25, 0.3) is 0 Å². The fourth-order valence-electron chi connectivity index (χ4n) is 2.04.